The zero-order chi connectivity index (χ0) is 11.8. The molecule has 2 heterocycles. The molecule has 17 heavy (non-hydrogen) atoms. The summed E-state index contributed by atoms with van der Waals surface area (Å²) < 4.78 is 2.86. The smallest absolute Gasteiger partial charge is 0.135 e. The third-order valence-electron chi connectivity index (χ3n) is 3.60. The highest BCUT2D eigenvalue weighted by atomic mass is 79.9. The maximum absolute atomic E-state index is 4.39. The van der Waals surface area contributed by atoms with E-state index in [4.69, 9.17) is 0 Å². The lowest BCUT2D eigenvalue weighted by Gasteiger charge is -2.23. The van der Waals surface area contributed by atoms with Gasteiger partial charge >= 0.3 is 0 Å². The van der Waals surface area contributed by atoms with Gasteiger partial charge in [0, 0.05) is 19.0 Å². The van der Waals surface area contributed by atoms with Gasteiger partial charge in [0.15, 0.2) is 0 Å². The number of hydrogen-bond donors (Lipinski definition) is 1. The number of fused-ring (bicyclic) bond motifs is 1. The van der Waals surface area contributed by atoms with E-state index >= 15 is 0 Å². The third-order valence-corrected chi connectivity index (χ3v) is 4.18. The molecule has 0 amide bonds. The van der Waals surface area contributed by atoms with Gasteiger partial charge in [0.2, 0.25) is 0 Å². The van der Waals surface area contributed by atoms with Crippen LogP contribution in [0.15, 0.2) is 22.8 Å². The Hall–Kier alpha value is -0.870. The van der Waals surface area contributed by atoms with Crippen LogP contribution in [0.5, 0.6) is 0 Å². The molecule has 90 valence electrons. The number of benzene rings is 1. The van der Waals surface area contributed by atoms with Crippen molar-refractivity contribution in [1.82, 2.24) is 15.1 Å². The van der Waals surface area contributed by atoms with E-state index < -0.39 is 0 Å². The molecule has 0 aliphatic carbocycles. The summed E-state index contributed by atoms with van der Waals surface area (Å²) in [6, 6.07) is 6.70. The Labute approximate surface area is 109 Å². The summed E-state index contributed by atoms with van der Waals surface area (Å²) >= 11 is 3.53. The Balaban J connectivity index is 2.03. The number of halogens is 1. The molecule has 1 saturated heterocycles. The van der Waals surface area contributed by atoms with Crippen LogP contribution in [0.25, 0.3) is 10.9 Å². The Bertz CT molecular complexity index is 541. The normalized spacial score (nSPS) is 20.9. The fraction of sp³-hybridized carbons (Fsp3) is 0.462. The molecule has 1 fully saturated rings. The predicted octanol–water partition coefficient (Wildman–Crippen LogP) is 2.80. The summed E-state index contributed by atoms with van der Waals surface area (Å²) in [4.78, 5) is 0. The quantitative estimate of drug-likeness (QED) is 0.876. The van der Waals surface area contributed by atoms with Gasteiger partial charge in [-0.05, 0) is 58.9 Å². The van der Waals surface area contributed by atoms with Crippen molar-refractivity contribution >= 4 is 26.8 Å². The molecule has 0 bridgehead atoms. The van der Waals surface area contributed by atoms with Crippen molar-refractivity contribution < 1.29 is 0 Å². The first-order valence-electron chi connectivity index (χ1n) is 6.08. The molecule has 0 saturated carbocycles. The Morgan fingerprint density at radius 2 is 2.35 bits per heavy atom. The number of aryl methyl sites for hydroxylation is 1. The number of nitrogens with zero attached hydrogens (tertiary/aromatic N) is 2. The van der Waals surface area contributed by atoms with Crippen LogP contribution in [0.2, 0.25) is 0 Å². The van der Waals surface area contributed by atoms with Crippen molar-refractivity contribution in [1.29, 1.82) is 0 Å². The standard InChI is InChI=1S/C13H16BrN3/c1-17-12-5-4-9(7-11(12)13(14)16-17)10-3-2-6-15-8-10/h4-5,7,10,15H,2-3,6,8H2,1H3. The average Bonchev–Trinajstić information content (AvgIpc) is 2.66. The SMILES string of the molecule is Cn1nc(Br)c2cc(C3CCCNC3)ccc21. The first kappa shape index (κ1) is 11.2. The summed E-state index contributed by atoms with van der Waals surface area (Å²) in [5, 5.41) is 9.08. The Kier molecular flexibility index (Phi) is 2.92. The van der Waals surface area contributed by atoms with Crippen LogP contribution in [0.1, 0.15) is 24.3 Å². The van der Waals surface area contributed by atoms with E-state index in [1.807, 2.05) is 11.7 Å². The van der Waals surface area contributed by atoms with Crippen LogP contribution in [0.3, 0.4) is 0 Å². The van der Waals surface area contributed by atoms with Gasteiger partial charge in [-0.25, -0.2) is 0 Å². The number of hydrogen-bond acceptors (Lipinski definition) is 2. The summed E-state index contributed by atoms with van der Waals surface area (Å²) in [5.74, 6) is 0.653. The van der Waals surface area contributed by atoms with E-state index in [0.717, 1.165) is 17.7 Å². The van der Waals surface area contributed by atoms with Crippen LogP contribution in [0, 0.1) is 0 Å². The minimum atomic E-state index is 0.653. The van der Waals surface area contributed by atoms with Crippen molar-refractivity contribution in [2.75, 3.05) is 13.1 Å². The van der Waals surface area contributed by atoms with E-state index in [1.54, 1.807) is 0 Å². The Morgan fingerprint density at radius 3 is 3.12 bits per heavy atom. The van der Waals surface area contributed by atoms with Crippen LogP contribution in [-0.4, -0.2) is 22.9 Å². The van der Waals surface area contributed by atoms with E-state index in [1.165, 1.54) is 29.3 Å². The molecule has 3 rings (SSSR count). The van der Waals surface area contributed by atoms with Crippen molar-refractivity contribution in [3.05, 3.63) is 28.4 Å². The zero-order valence-corrected chi connectivity index (χ0v) is 11.5. The topological polar surface area (TPSA) is 29.9 Å². The molecule has 0 radical (unpaired) electrons. The lowest BCUT2D eigenvalue weighted by Crippen LogP contribution is -2.28. The molecule has 1 aromatic carbocycles. The monoisotopic (exact) mass is 293 g/mol. The van der Waals surface area contributed by atoms with Gasteiger partial charge in [0.1, 0.15) is 4.60 Å². The molecule has 1 atom stereocenters. The molecule has 1 unspecified atom stereocenters. The van der Waals surface area contributed by atoms with Crippen molar-refractivity contribution in [2.45, 2.75) is 18.8 Å². The van der Waals surface area contributed by atoms with Crippen LogP contribution in [0.4, 0.5) is 0 Å². The van der Waals surface area contributed by atoms with Crippen LogP contribution in [-0.2, 0) is 7.05 Å². The number of rotatable bonds is 1. The van der Waals surface area contributed by atoms with Gasteiger partial charge in [-0.15, -0.1) is 0 Å². The molecular weight excluding hydrogens is 278 g/mol. The fourth-order valence-electron chi connectivity index (χ4n) is 2.63. The highest BCUT2D eigenvalue weighted by molar-refractivity contribution is 9.10. The highest BCUT2D eigenvalue weighted by Gasteiger charge is 2.16. The van der Waals surface area contributed by atoms with Crippen molar-refractivity contribution in [3.63, 3.8) is 0 Å². The van der Waals surface area contributed by atoms with Gasteiger partial charge in [-0.2, -0.15) is 5.10 Å². The average molecular weight is 294 g/mol. The van der Waals surface area contributed by atoms with Crippen LogP contribution < -0.4 is 5.32 Å². The number of piperidine rings is 1. The first-order chi connectivity index (χ1) is 8.25. The highest BCUT2D eigenvalue weighted by Crippen LogP contribution is 2.29. The fourth-order valence-corrected chi connectivity index (χ4v) is 3.19. The molecule has 1 aliphatic heterocycles. The summed E-state index contributed by atoms with van der Waals surface area (Å²) in [5.41, 5.74) is 2.61. The molecule has 2 aromatic rings. The van der Waals surface area contributed by atoms with Gasteiger partial charge in [-0.3, -0.25) is 4.68 Å². The van der Waals surface area contributed by atoms with Crippen molar-refractivity contribution in [3.8, 4) is 0 Å². The summed E-state index contributed by atoms with van der Waals surface area (Å²) in [6.45, 7) is 2.26. The van der Waals surface area contributed by atoms with Gasteiger partial charge < -0.3 is 5.32 Å². The summed E-state index contributed by atoms with van der Waals surface area (Å²) in [6.07, 6.45) is 2.56. The van der Waals surface area contributed by atoms with E-state index in [-0.39, 0.29) is 0 Å². The van der Waals surface area contributed by atoms with E-state index in [9.17, 15) is 0 Å². The van der Waals surface area contributed by atoms with Gasteiger partial charge in [0.05, 0.1) is 5.52 Å². The minimum absolute atomic E-state index is 0.653. The first-order valence-corrected chi connectivity index (χ1v) is 6.88. The largest absolute Gasteiger partial charge is 0.316 e. The van der Waals surface area contributed by atoms with Gasteiger partial charge in [-0.1, -0.05) is 6.07 Å². The lowest BCUT2D eigenvalue weighted by atomic mass is 9.91. The lowest BCUT2D eigenvalue weighted by molar-refractivity contribution is 0.462. The molecule has 1 aromatic heterocycles. The molecule has 4 heteroatoms. The minimum Gasteiger partial charge on any atom is -0.316 e. The van der Waals surface area contributed by atoms with Crippen molar-refractivity contribution in [2.24, 2.45) is 7.05 Å². The second kappa shape index (κ2) is 4.42. The second-order valence-electron chi connectivity index (χ2n) is 4.73. The summed E-state index contributed by atoms with van der Waals surface area (Å²) in [7, 11) is 1.98. The number of nitrogens with one attached hydrogen (secondary N) is 1. The second-order valence-corrected chi connectivity index (χ2v) is 5.49. The third kappa shape index (κ3) is 2.00. The molecule has 1 aliphatic rings. The Morgan fingerprint density at radius 1 is 1.47 bits per heavy atom. The predicted molar refractivity (Wildman–Crippen MR) is 73.3 cm³/mol. The maximum atomic E-state index is 4.39. The zero-order valence-electron chi connectivity index (χ0n) is 9.91. The number of aromatic nitrogens is 2. The maximum Gasteiger partial charge on any atom is 0.135 e. The van der Waals surface area contributed by atoms with E-state index in [2.05, 4.69) is 44.5 Å². The molecule has 1 N–H and O–H groups in total. The van der Waals surface area contributed by atoms with Gasteiger partial charge in [0.25, 0.3) is 0 Å². The molecule has 0 spiro atoms. The molecule has 3 nitrogen and oxygen atoms in total. The van der Waals surface area contributed by atoms with Crippen LogP contribution >= 0.6 is 15.9 Å². The van der Waals surface area contributed by atoms with E-state index in [0.29, 0.717) is 5.92 Å². The molecular formula is C13H16BrN3.